The van der Waals surface area contributed by atoms with Crippen LogP contribution in [0.1, 0.15) is 5.56 Å². The maximum atomic E-state index is 13.7. The molecule has 1 aromatic carbocycles. The van der Waals surface area contributed by atoms with E-state index >= 15 is 0 Å². The van der Waals surface area contributed by atoms with Crippen LogP contribution in [-0.2, 0) is 17.8 Å². The van der Waals surface area contributed by atoms with Crippen molar-refractivity contribution in [2.24, 2.45) is 0 Å². The molecule has 3 rings (SSSR count). The third-order valence-electron chi connectivity index (χ3n) is 3.67. The van der Waals surface area contributed by atoms with E-state index in [0.717, 1.165) is 0 Å². The Balaban J connectivity index is 1.60. The maximum absolute atomic E-state index is 13.7. The number of benzene rings is 1. The quantitative estimate of drug-likeness (QED) is 0.709. The molecule has 0 bridgehead atoms. The Labute approximate surface area is 153 Å². The molecule has 0 atom stereocenters. The molecule has 0 aliphatic carbocycles. The number of nitrogens with zero attached hydrogens (tertiary/aromatic N) is 4. The van der Waals surface area contributed by atoms with Crippen molar-refractivity contribution >= 4 is 17.5 Å². The predicted octanol–water partition coefficient (Wildman–Crippen LogP) is 1.58. The van der Waals surface area contributed by atoms with Gasteiger partial charge >= 0.3 is 0 Å². The smallest absolute Gasteiger partial charge is 0.266 e. The van der Waals surface area contributed by atoms with Crippen molar-refractivity contribution in [1.82, 2.24) is 24.6 Å². The first-order valence-corrected chi connectivity index (χ1v) is 8.18. The number of carbonyl (C=O) groups is 1. The molecule has 0 radical (unpaired) electrons. The molecule has 2 aromatic heterocycles. The Hall–Kier alpha value is -3.00. The van der Waals surface area contributed by atoms with E-state index in [2.05, 4.69) is 15.4 Å². The first-order chi connectivity index (χ1) is 12.5. The molecule has 1 amide bonds. The summed E-state index contributed by atoms with van der Waals surface area (Å²) >= 11 is 5.91. The van der Waals surface area contributed by atoms with Crippen LogP contribution >= 0.6 is 11.6 Å². The minimum absolute atomic E-state index is 0.143. The van der Waals surface area contributed by atoms with Crippen molar-refractivity contribution in [2.75, 3.05) is 6.54 Å². The normalized spacial score (nSPS) is 10.7. The summed E-state index contributed by atoms with van der Waals surface area (Å²) in [4.78, 5) is 27.8. The Morgan fingerprint density at radius 3 is 2.85 bits per heavy atom. The van der Waals surface area contributed by atoms with Crippen molar-refractivity contribution in [3.8, 4) is 5.82 Å². The number of rotatable bonds is 6. The Morgan fingerprint density at radius 2 is 2.12 bits per heavy atom. The van der Waals surface area contributed by atoms with Gasteiger partial charge in [-0.1, -0.05) is 17.7 Å². The van der Waals surface area contributed by atoms with E-state index < -0.39 is 11.7 Å². The maximum Gasteiger partial charge on any atom is 0.266 e. The summed E-state index contributed by atoms with van der Waals surface area (Å²) in [7, 11) is 0. The average Bonchev–Trinajstić information content (AvgIpc) is 3.14. The molecule has 2 heterocycles. The molecule has 0 aliphatic rings. The minimum atomic E-state index is -0.529. The van der Waals surface area contributed by atoms with Crippen molar-refractivity contribution in [3.05, 3.63) is 75.8 Å². The zero-order valence-corrected chi connectivity index (χ0v) is 14.4. The molecular formula is C17H15ClFN5O2. The third-order valence-corrected chi connectivity index (χ3v) is 4.02. The van der Waals surface area contributed by atoms with E-state index in [1.54, 1.807) is 29.4 Å². The zero-order valence-electron chi connectivity index (χ0n) is 13.6. The number of halogens is 2. The largest absolute Gasteiger partial charge is 0.354 e. The highest BCUT2D eigenvalue weighted by Gasteiger charge is 2.11. The first-order valence-electron chi connectivity index (χ1n) is 7.80. The summed E-state index contributed by atoms with van der Waals surface area (Å²) in [5, 5.41) is 7.05. The molecule has 1 N–H and O–H groups in total. The summed E-state index contributed by atoms with van der Waals surface area (Å²) in [6, 6.07) is 7.23. The summed E-state index contributed by atoms with van der Waals surface area (Å²) in [6.45, 7) is 0.351. The van der Waals surface area contributed by atoms with Gasteiger partial charge < -0.3 is 5.32 Å². The fraction of sp³-hybridized carbons (Fsp3) is 0.176. The van der Waals surface area contributed by atoms with Crippen LogP contribution in [0.25, 0.3) is 5.82 Å². The molecule has 0 saturated heterocycles. The summed E-state index contributed by atoms with van der Waals surface area (Å²) in [5.74, 6) is -0.388. The highest BCUT2D eigenvalue weighted by Crippen LogP contribution is 2.19. The monoisotopic (exact) mass is 375 g/mol. The van der Waals surface area contributed by atoms with E-state index in [9.17, 15) is 14.0 Å². The third kappa shape index (κ3) is 4.15. The summed E-state index contributed by atoms with van der Waals surface area (Å²) in [5.41, 5.74) is -0.149. The lowest BCUT2D eigenvalue weighted by Gasteiger charge is -2.09. The Morgan fingerprint density at radius 1 is 1.27 bits per heavy atom. The lowest BCUT2D eigenvalue weighted by atomic mass is 10.1. The fourth-order valence-corrected chi connectivity index (χ4v) is 2.59. The highest BCUT2D eigenvalue weighted by atomic mass is 35.5. The number of hydrogen-bond donors (Lipinski definition) is 1. The number of aromatic nitrogens is 4. The molecule has 0 unspecified atom stereocenters. The number of hydrogen-bond acceptors (Lipinski definition) is 4. The van der Waals surface area contributed by atoms with Crippen LogP contribution < -0.4 is 10.9 Å². The van der Waals surface area contributed by atoms with E-state index in [4.69, 9.17) is 11.6 Å². The van der Waals surface area contributed by atoms with E-state index in [-0.39, 0.29) is 35.7 Å². The molecule has 134 valence electrons. The molecule has 0 spiro atoms. The molecule has 9 heteroatoms. The minimum Gasteiger partial charge on any atom is -0.354 e. The van der Waals surface area contributed by atoms with Crippen LogP contribution in [0.4, 0.5) is 4.39 Å². The Kier molecular flexibility index (Phi) is 5.43. The van der Waals surface area contributed by atoms with Crippen LogP contribution in [0.5, 0.6) is 0 Å². The second-order valence-electron chi connectivity index (χ2n) is 5.45. The first kappa shape index (κ1) is 17.8. The van der Waals surface area contributed by atoms with E-state index in [1.165, 1.54) is 28.9 Å². The molecule has 3 aromatic rings. The van der Waals surface area contributed by atoms with Gasteiger partial charge in [-0.15, -0.1) is 0 Å². The summed E-state index contributed by atoms with van der Waals surface area (Å²) < 4.78 is 16.6. The van der Waals surface area contributed by atoms with Gasteiger partial charge in [-0.25, -0.2) is 14.1 Å². The van der Waals surface area contributed by atoms with Gasteiger partial charge in [0.05, 0.1) is 13.0 Å². The molecule has 7 nitrogen and oxygen atoms in total. The molecule has 26 heavy (non-hydrogen) atoms. The molecule has 0 saturated carbocycles. The van der Waals surface area contributed by atoms with Gasteiger partial charge in [-0.3, -0.25) is 14.2 Å². The van der Waals surface area contributed by atoms with Gasteiger partial charge in [0.15, 0.2) is 5.82 Å². The highest BCUT2D eigenvalue weighted by molar-refractivity contribution is 6.31. The van der Waals surface area contributed by atoms with Crippen LogP contribution in [0, 0.1) is 5.82 Å². The van der Waals surface area contributed by atoms with Gasteiger partial charge in [0.2, 0.25) is 5.91 Å². The van der Waals surface area contributed by atoms with Crippen LogP contribution in [0.3, 0.4) is 0 Å². The number of amides is 1. The lowest BCUT2D eigenvalue weighted by Crippen LogP contribution is -2.33. The fourth-order valence-electron chi connectivity index (χ4n) is 2.36. The zero-order chi connectivity index (χ0) is 18.5. The van der Waals surface area contributed by atoms with E-state index in [1.807, 2.05) is 0 Å². The van der Waals surface area contributed by atoms with Crippen LogP contribution in [-0.4, -0.2) is 31.8 Å². The molecule has 0 fully saturated rings. The average molecular weight is 376 g/mol. The van der Waals surface area contributed by atoms with Gasteiger partial charge in [0.1, 0.15) is 12.1 Å². The number of nitrogens with one attached hydrogen (secondary N) is 1. The van der Waals surface area contributed by atoms with Gasteiger partial charge in [0.25, 0.3) is 5.56 Å². The van der Waals surface area contributed by atoms with Crippen molar-refractivity contribution < 1.29 is 9.18 Å². The van der Waals surface area contributed by atoms with Gasteiger partial charge in [-0.2, -0.15) is 5.10 Å². The summed E-state index contributed by atoms with van der Waals surface area (Å²) in [6.07, 6.45) is 4.70. The number of carbonyl (C=O) groups excluding carboxylic acids is 1. The lowest BCUT2D eigenvalue weighted by molar-refractivity contribution is -0.120. The standard InChI is InChI=1S/C17H15ClFN5O2/c18-13-2-1-3-14(19)12(13)10-16(25)21-7-9-24-17(26)5-4-15(22-24)23-8-6-20-11-23/h1-6,8,11H,7,9-10H2,(H,21,25). The SMILES string of the molecule is O=C(Cc1c(F)cccc1Cl)NCCn1nc(-n2ccnc2)ccc1=O. The Bertz CT molecular complexity index is 951. The van der Waals surface area contributed by atoms with Gasteiger partial charge in [-0.05, 0) is 18.2 Å². The van der Waals surface area contributed by atoms with Crippen LogP contribution in [0.15, 0.2) is 53.8 Å². The van der Waals surface area contributed by atoms with Crippen molar-refractivity contribution in [3.63, 3.8) is 0 Å². The molecular weight excluding hydrogens is 361 g/mol. The van der Waals surface area contributed by atoms with Gasteiger partial charge in [0, 0.05) is 35.6 Å². The van der Waals surface area contributed by atoms with Crippen molar-refractivity contribution in [2.45, 2.75) is 13.0 Å². The molecule has 0 aliphatic heterocycles. The van der Waals surface area contributed by atoms with Crippen LogP contribution in [0.2, 0.25) is 5.02 Å². The predicted molar refractivity (Wildman–Crippen MR) is 93.7 cm³/mol. The number of imidazole rings is 1. The topological polar surface area (TPSA) is 81.8 Å². The van der Waals surface area contributed by atoms with E-state index in [0.29, 0.717) is 5.82 Å². The second kappa shape index (κ2) is 7.92. The second-order valence-corrected chi connectivity index (χ2v) is 5.86. The van der Waals surface area contributed by atoms with Crippen molar-refractivity contribution in [1.29, 1.82) is 0 Å².